The summed E-state index contributed by atoms with van der Waals surface area (Å²) in [6, 6.07) is 6.90. The number of hydrogen-bond acceptors (Lipinski definition) is 3. The van der Waals surface area contributed by atoms with Gasteiger partial charge in [-0.1, -0.05) is 13.8 Å². The van der Waals surface area contributed by atoms with Gasteiger partial charge in [-0.25, -0.2) is 0 Å². The third-order valence-electron chi connectivity index (χ3n) is 2.83. The molecule has 0 spiro atoms. The van der Waals surface area contributed by atoms with Crippen LogP contribution in [0.3, 0.4) is 0 Å². The molecule has 4 heteroatoms. The van der Waals surface area contributed by atoms with E-state index in [1.165, 1.54) is 0 Å². The summed E-state index contributed by atoms with van der Waals surface area (Å²) in [7, 11) is 3.35. The molecule has 2 N–H and O–H groups in total. The number of nitrogens with zero attached hydrogens (tertiary/aromatic N) is 1. The van der Waals surface area contributed by atoms with Gasteiger partial charge in [-0.3, -0.25) is 4.79 Å². The molecule has 1 atom stereocenters. The van der Waals surface area contributed by atoms with Crippen molar-refractivity contribution >= 4 is 11.6 Å². The zero-order valence-corrected chi connectivity index (χ0v) is 11.5. The van der Waals surface area contributed by atoms with Crippen LogP contribution in [0, 0.1) is 5.92 Å². The Hall–Kier alpha value is -1.55. The summed E-state index contributed by atoms with van der Waals surface area (Å²) < 4.78 is 5.08. The number of benzene rings is 1. The number of carbonyl (C=O) groups excluding carboxylic acids is 1. The van der Waals surface area contributed by atoms with Gasteiger partial charge in [0.05, 0.1) is 13.2 Å². The number of ether oxygens (including phenoxy) is 1. The van der Waals surface area contributed by atoms with Crippen molar-refractivity contribution in [2.45, 2.75) is 26.3 Å². The lowest BCUT2D eigenvalue weighted by Gasteiger charge is -2.22. The Morgan fingerprint density at radius 2 is 1.89 bits per heavy atom. The van der Waals surface area contributed by atoms with Crippen LogP contribution < -0.4 is 15.4 Å². The first kappa shape index (κ1) is 14.5. The van der Waals surface area contributed by atoms with Crippen molar-refractivity contribution in [2.24, 2.45) is 11.7 Å². The highest BCUT2D eigenvalue weighted by molar-refractivity contribution is 5.96. The fraction of sp³-hybridized carbons (Fsp3) is 0.500. The molecule has 0 fully saturated rings. The van der Waals surface area contributed by atoms with Crippen LogP contribution >= 0.6 is 0 Å². The molecule has 1 rings (SSSR count). The van der Waals surface area contributed by atoms with E-state index in [2.05, 4.69) is 13.8 Å². The molecule has 0 heterocycles. The van der Waals surface area contributed by atoms with Crippen molar-refractivity contribution in [1.82, 2.24) is 0 Å². The summed E-state index contributed by atoms with van der Waals surface area (Å²) in [5.41, 5.74) is 6.72. The second kappa shape index (κ2) is 6.40. The van der Waals surface area contributed by atoms with E-state index < -0.39 is 6.04 Å². The minimum absolute atomic E-state index is 0.0612. The van der Waals surface area contributed by atoms with Crippen LogP contribution in [0.5, 0.6) is 5.75 Å². The average Bonchev–Trinajstić information content (AvgIpc) is 2.36. The third-order valence-corrected chi connectivity index (χ3v) is 2.83. The fourth-order valence-electron chi connectivity index (χ4n) is 1.79. The van der Waals surface area contributed by atoms with Crippen LogP contribution in [0.2, 0.25) is 0 Å². The van der Waals surface area contributed by atoms with Gasteiger partial charge in [0.1, 0.15) is 5.75 Å². The van der Waals surface area contributed by atoms with E-state index in [0.717, 1.165) is 11.4 Å². The zero-order chi connectivity index (χ0) is 13.7. The SMILES string of the molecule is COc1ccc(N(C)C(=O)[C@@H](N)CC(C)C)cc1. The largest absolute Gasteiger partial charge is 0.497 e. The van der Waals surface area contributed by atoms with E-state index in [1.807, 2.05) is 24.3 Å². The second-order valence-electron chi connectivity index (χ2n) is 4.83. The predicted octanol–water partition coefficient (Wildman–Crippen LogP) is 2.03. The summed E-state index contributed by atoms with van der Waals surface area (Å²) in [5.74, 6) is 1.12. The van der Waals surface area contributed by atoms with Crippen molar-refractivity contribution in [3.63, 3.8) is 0 Å². The first-order valence-electron chi connectivity index (χ1n) is 6.13. The molecular weight excluding hydrogens is 228 g/mol. The maximum atomic E-state index is 12.1. The molecular formula is C14H22N2O2. The van der Waals surface area contributed by atoms with E-state index >= 15 is 0 Å². The fourth-order valence-corrected chi connectivity index (χ4v) is 1.79. The smallest absolute Gasteiger partial charge is 0.243 e. The minimum atomic E-state index is -0.447. The van der Waals surface area contributed by atoms with Gasteiger partial charge in [-0.05, 0) is 36.6 Å². The number of hydrogen-bond donors (Lipinski definition) is 1. The number of nitrogens with two attached hydrogens (primary N) is 1. The van der Waals surface area contributed by atoms with Crippen LogP contribution in [-0.2, 0) is 4.79 Å². The summed E-state index contributed by atoms with van der Waals surface area (Å²) in [6.45, 7) is 4.11. The Kier molecular flexibility index (Phi) is 5.16. The number of likely N-dealkylation sites (N-methyl/N-ethyl adjacent to an activating group) is 1. The van der Waals surface area contributed by atoms with Gasteiger partial charge < -0.3 is 15.4 Å². The van der Waals surface area contributed by atoms with Gasteiger partial charge >= 0.3 is 0 Å². The lowest BCUT2D eigenvalue weighted by atomic mass is 10.0. The summed E-state index contributed by atoms with van der Waals surface area (Å²) in [6.07, 6.45) is 0.694. The van der Waals surface area contributed by atoms with Gasteiger partial charge in [0, 0.05) is 12.7 Å². The molecule has 0 aromatic heterocycles. The summed E-state index contributed by atoms with van der Waals surface area (Å²) in [4.78, 5) is 13.7. The Bertz CT molecular complexity index is 387. The zero-order valence-electron chi connectivity index (χ0n) is 11.5. The van der Waals surface area contributed by atoms with Gasteiger partial charge in [-0.15, -0.1) is 0 Å². The highest BCUT2D eigenvalue weighted by Crippen LogP contribution is 2.19. The van der Waals surface area contributed by atoms with Crippen LogP contribution in [0.1, 0.15) is 20.3 Å². The van der Waals surface area contributed by atoms with E-state index in [4.69, 9.17) is 10.5 Å². The van der Waals surface area contributed by atoms with Crippen LogP contribution in [0.4, 0.5) is 5.69 Å². The van der Waals surface area contributed by atoms with Crippen LogP contribution in [0.25, 0.3) is 0 Å². The van der Waals surface area contributed by atoms with Crippen LogP contribution in [-0.4, -0.2) is 26.1 Å². The Labute approximate surface area is 109 Å². The standard InChI is InChI=1S/C14H22N2O2/c1-10(2)9-13(15)14(17)16(3)11-5-7-12(18-4)8-6-11/h5-8,10,13H,9,15H2,1-4H3/t13-/m0/s1. The quantitative estimate of drug-likeness (QED) is 0.870. The number of methoxy groups -OCH3 is 1. The molecule has 1 aromatic carbocycles. The molecule has 18 heavy (non-hydrogen) atoms. The van der Waals surface area contributed by atoms with Crippen molar-refractivity contribution in [2.75, 3.05) is 19.1 Å². The van der Waals surface area contributed by atoms with Crippen LogP contribution in [0.15, 0.2) is 24.3 Å². The third kappa shape index (κ3) is 3.74. The first-order valence-corrected chi connectivity index (χ1v) is 6.13. The first-order chi connectivity index (χ1) is 8.45. The topological polar surface area (TPSA) is 55.6 Å². The molecule has 100 valence electrons. The van der Waals surface area contributed by atoms with E-state index in [1.54, 1.807) is 19.1 Å². The number of carbonyl (C=O) groups is 1. The molecule has 0 aliphatic rings. The Morgan fingerprint density at radius 1 is 1.33 bits per heavy atom. The maximum absolute atomic E-state index is 12.1. The van der Waals surface area contributed by atoms with Crippen molar-refractivity contribution in [1.29, 1.82) is 0 Å². The molecule has 0 bridgehead atoms. The minimum Gasteiger partial charge on any atom is -0.497 e. The van der Waals surface area contributed by atoms with Crippen molar-refractivity contribution in [3.05, 3.63) is 24.3 Å². The highest BCUT2D eigenvalue weighted by Gasteiger charge is 2.20. The molecule has 4 nitrogen and oxygen atoms in total. The number of rotatable bonds is 5. The summed E-state index contributed by atoms with van der Waals surface area (Å²) in [5, 5.41) is 0. The normalized spacial score (nSPS) is 12.3. The molecule has 0 aliphatic carbocycles. The molecule has 1 aromatic rings. The lowest BCUT2D eigenvalue weighted by molar-refractivity contribution is -0.119. The Balaban J connectivity index is 2.73. The number of amides is 1. The monoisotopic (exact) mass is 250 g/mol. The number of anilines is 1. The summed E-state index contributed by atoms with van der Waals surface area (Å²) >= 11 is 0. The van der Waals surface area contributed by atoms with E-state index in [-0.39, 0.29) is 5.91 Å². The molecule has 0 aliphatic heterocycles. The predicted molar refractivity (Wildman–Crippen MR) is 73.8 cm³/mol. The van der Waals surface area contributed by atoms with E-state index in [0.29, 0.717) is 12.3 Å². The van der Waals surface area contributed by atoms with E-state index in [9.17, 15) is 4.79 Å². The van der Waals surface area contributed by atoms with Crippen molar-refractivity contribution in [3.8, 4) is 5.75 Å². The second-order valence-corrected chi connectivity index (χ2v) is 4.83. The molecule has 0 saturated carbocycles. The molecule has 0 radical (unpaired) electrons. The van der Waals surface area contributed by atoms with Crippen molar-refractivity contribution < 1.29 is 9.53 Å². The molecule has 0 unspecified atom stereocenters. The highest BCUT2D eigenvalue weighted by atomic mass is 16.5. The maximum Gasteiger partial charge on any atom is 0.243 e. The van der Waals surface area contributed by atoms with Gasteiger partial charge in [0.25, 0.3) is 0 Å². The molecule has 0 saturated heterocycles. The van der Waals surface area contributed by atoms with Gasteiger partial charge in [0.15, 0.2) is 0 Å². The van der Waals surface area contributed by atoms with Gasteiger partial charge in [0.2, 0.25) is 5.91 Å². The average molecular weight is 250 g/mol. The van der Waals surface area contributed by atoms with Gasteiger partial charge in [-0.2, -0.15) is 0 Å². The molecule has 1 amide bonds. The lowest BCUT2D eigenvalue weighted by Crippen LogP contribution is -2.42. The Morgan fingerprint density at radius 3 is 2.33 bits per heavy atom.